The van der Waals surface area contributed by atoms with E-state index in [1.54, 1.807) is 46.8 Å². The van der Waals surface area contributed by atoms with E-state index in [2.05, 4.69) is 0 Å². The van der Waals surface area contributed by atoms with Crippen molar-refractivity contribution in [2.24, 2.45) is 5.92 Å². The summed E-state index contributed by atoms with van der Waals surface area (Å²) in [4.78, 5) is 26.3. The molecule has 0 saturated carbocycles. The number of phenols is 2. The fourth-order valence-corrected chi connectivity index (χ4v) is 5.12. The molecule has 226 valence electrons. The summed E-state index contributed by atoms with van der Waals surface area (Å²) >= 11 is 0. The molecule has 2 aromatic carbocycles. The number of hydrogen-bond donors (Lipinski definition) is 3. The highest BCUT2D eigenvalue weighted by molar-refractivity contribution is 5.91. The molecule has 4 atom stereocenters. The van der Waals surface area contributed by atoms with Crippen molar-refractivity contribution in [2.45, 2.75) is 59.4 Å². The van der Waals surface area contributed by atoms with Crippen LogP contribution < -0.4 is 18.9 Å². The van der Waals surface area contributed by atoms with Crippen molar-refractivity contribution in [1.82, 2.24) is 0 Å². The van der Waals surface area contributed by atoms with Crippen LogP contribution in [0.15, 0.2) is 35.4 Å². The van der Waals surface area contributed by atoms with Crippen molar-refractivity contribution in [1.29, 1.82) is 0 Å². The van der Waals surface area contributed by atoms with E-state index in [1.807, 2.05) is 0 Å². The van der Waals surface area contributed by atoms with Crippen molar-refractivity contribution in [3.8, 4) is 45.6 Å². The van der Waals surface area contributed by atoms with Crippen LogP contribution in [-0.2, 0) is 19.1 Å². The molecule has 2 aliphatic rings. The fourth-order valence-electron chi connectivity index (χ4n) is 5.12. The number of methoxy groups -OCH3 is 2. The third-order valence-corrected chi connectivity index (χ3v) is 8.06. The van der Waals surface area contributed by atoms with Crippen molar-refractivity contribution < 1.29 is 53.3 Å². The molecule has 3 N–H and O–H groups in total. The molecule has 4 rings (SSSR count). The van der Waals surface area contributed by atoms with Gasteiger partial charge in [0.05, 0.1) is 14.2 Å². The molecular formula is C31H36O11. The molecule has 0 fully saturated rings. The molecular weight excluding hydrogens is 548 g/mol. The average molecular weight is 585 g/mol. The molecule has 4 unspecified atom stereocenters. The zero-order valence-electron chi connectivity index (χ0n) is 24.9. The average Bonchev–Trinajstić information content (AvgIpc) is 3.45. The summed E-state index contributed by atoms with van der Waals surface area (Å²) in [5.41, 5.74) is -1.09. The molecule has 0 radical (unpaired) electrons. The predicted molar refractivity (Wildman–Crippen MR) is 151 cm³/mol. The number of benzene rings is 2. The van der Waals surface area contributed by atoms with Gasteiger partial charge >= 0.3 is 11.9 Å². The lowest BCUT2D eigenvalue weighted by atomic mass is 9.71. The van der Waals surface area contributed by atoms with Gasteiger partial charge in [-0.2, -0.15) is 0 Å². The van der Waals surface area contributed by atoms with Gasteiger partial charge in [0.1, 0.15) is 11.7 Å². The largest absolute Gasteiger partial charge is 0.504 e. The quantitative estimate of drug-likeness (QED) is 0.310. The van der Waals surface area contributed by atoms with Crippen LogP contribution in [-0.4, -0.2) is 53.9 Å². The van der Waals surface area contributed by atoms with E-state index in [1.165, 1.54) is 33.3 Å². The third kappa shape index (κ3) is 4.87. The highest BCUT2D eigenvalue weighted by Crippen LogP contribution is 2.60. The Balaban J connectivity index is 2.18. The van der Waals surface area contributed by atoms with Crippen LogP contribution in [0.1, 0.15) is 64.9 Å². The minimum atomic E-state index is -1.93. The maximum atomic E-state index is 13.2. The first-order valence-electron chi connectivity index (χ1n) is 13.4. The Hall–Kier alpha value is -4.38. The van der Waals surface area contributed by atoms with Crippen LogP contribution in [0.4, 0.5) is 0 Å². The summed E-state index contributed by atoms with van der Waals surface area (Å²) in [7, 11) is 2.68. The number of phenolic OH excluding ortho intramolecular Hbond substituents is 2. The third-order valence-electron chi connectivity index (χ3n) is 8.06. The number of aromatic hydroxyl groups is 2. The number of esters is 2. The number of aliphatic hydroxyl groups is 1. The van der Waals surface area contributed by atoms with E-state index in [0.717, 1.165) is 0 Å². The van der Waals surface area contributed by atoms with Crippen LogP contribution in [0.3, 0.4) is 0 Å². The second-order valence-electron chi connectivity index (χ2n) is 10.4. The van der Waals surface area contributed by atoms with Gasteiger partial charge in [-0.15, -0.1) is 0 Å². The van der Waals surface area contributed by atoms with Gasteiger partial charge in [0.2, 0.25) is 18.3 Å². The van der Waals surface area contributed by atoms with Crippen molar-refractivity contribution >= 4 is 11.9 Å². The zero-order chi connectivity index (χ0) is 31.1. The van der Waals surface area contributed by atoms with Crippen LogP contribution >= 0.6 is 0 Å². The van der Waals surface area contributed by atoms with Crippen LogP contribution in [0.2, 0.25) is 0 Å². The number of allylic oxidation sites excluding steroid dienone is 2. The molecule has 1 aliphatic carbocycles. The smallest absolute Gasteiger partial charge is 0.334 e. The van der Waals surface area contributed by atoms with Crippen molar-refractivity contribution in [2.75, 3.05) is 21.0 Å². The highest BCUT2D eigenvalue weighted by atomic mass is 16.7. The molecule has 0 amide bonds. The first-order valence-corrected chi connectivity index (χ1v) is 13.4. The van der Waals surface area contributed by atoms with Gasteiger partial charge < -0.3 is 43.7 Å². The van der Waals surface area contributed by atoms with Gasteiger partial charge in [-0.05, 0) is 46.8 Å². The predicted octanol–water partition coefficient (Wildman–Crippen LogP) is 5.01. The Bertz CT molecular complexity index is 1480. The lowest BCUT2D eigenvalue weighted by molar-refractivity contribution is -0.181. The number of ether oxygens (including phenoxy) is 6. The number of hydrogen-bond acceptors (Lipinski definition) is 11. The molecule has 11 nitrogen and oxygen atoms in total. The SMILES string of the molecule is CC=C(C)C(=O)OC1c2cc3c(c(O)c2-c2c(cc(OC)c(OC)c2O)C(OC(=O)C(C)=CC)C(C)(O)C1C)OCO3. The Morgan fingerprint density at radius 1 is 0.929 bits per heavy atom. The highest BCUT2D eigenvalue weighted by Gasteiger charge is 2.51. The number of carbonyl (C=O) groups excluding carboxylic acids is 2. The van der Waals surface area contributed by atoms with Gasteiger partial charge in [-0.1, -0.05) is 19.1 Å². The van der Waals surface area contributed by atoms with Crippen molar-refractivity contribution in [3.63, 3.8) is 0 Å². The lowest BCUT2D eigenvalue weighted by Gasteiger charge is -2.43. The van der Waals surface area contributed by atoms with Gasteiger partial charge in [0.15, 0.2) is 29.1 Å². The number of fused-ring (bicyclic) bond motifs is 4. The molecule has 11 heteroatoms. The maximum absolute atomic E-state index is 13.2. The van der Waals surface area contributed by atoms with Crippen LogP contribution in [0.25, 0.3) is 11.1 Å². The second-order valence-corrected chi connectivity index (χ2v) is 10.4. The molecule has 0 saturated heterocycles. The van der Waals surface area contributed by atoms with Gasteiger partial charge in [0.25, 0.3) is 0 Å². The van der Waals surface area contributed by atoms with E-state index < -0.39 is 47.2 Å². The normalized spacial score (nSPS) is 23.2. The molecule has 2 aromatic rings. The summed E-state index contributed by atoms with van der Waals surface area (Å²) in [6, 6.07) is 2.99. The Labute approximate surface area is 243 Å². The van der Waals surface area contributed by atoms with E-state index in [9.17, 15) is 24.9 Å². The summed E-state index contributed by atoms with van der Waals surface area (Å²) < 4.78 is 33.9. The summed E-state index contributed by atoms with van der Waals surface area (Å²) in [6.07, 6.45) is 0.442. The molecule has 0 aromatic heterocycles. The van der Waals surface area contributed by atoms with Gasteiger partial charge in [-0.3, -0.25) is 0 Å². The standard InChI is InChI=1S/C31H36O11/c1-9-14(3)29(34)41-25-16(5)31(6,36)28(42-30(35)15(4)10-2)18-12-19(37-7)26(38-8)23(32)22(18)21-17(25)11-20-27(24(21)33)40-13-39-20/h9-12,16,25,28,32-33,36H,13H2,1-8H3. The van der Waals surface area contributed by atoms with Crippen LogP contribution in [0, 0.1) is 5.92 Å². The minimum absolute atomic E-state index is 0.00175. The number of rotatable bonds is 6. The Kier molecular flexibility index (Phi) is 8.36. The number of carbonyl (C=O) groups is 2. The fraction of sp³-hybridized carbons (Fsp3) is 0.419. The zero-order valence-corrected chi connectivity index (χ0v) is 24.9. The van der Waals surface area contributed by atoms with E-state index >= 15 is 0 Å². The van der Waals surface area contributed by atoms with Gasteiger partial charge in [0, 0.05) is 39.3 Å². The van der Waals surface area contributed by atoms with Crippen LogP contribution in [0.5, 0.6) is 34.5 Å². The molecule has 1 heterocycles. The monoisotopic (exact) mass is 584 g/mol. The lowest BCUT2D eigenvalue weighted by Crippen LogP contribution is -2.46. The first kappa shape index (κ1) is 30.6. The topological polar surface area (TPSA) is 150 Å². The molecule has 0 spiro atoms. The minimum Gasteiger partial charge on any atom is -0.504 e. The Morgan fingerprint density at radius 3 is 2.10 bits per heavy atom. The summed E-state index contributed by atoms with van der Waals surface area (Å²) in [5, 5.41) is 35.5. The van der Waals surface area contributed by atoms with E-state index in [-0.39, 0.29) is 57.6 Å². The first-order chi connectivity index (χ1) is 19.8. The molecule has 0 bridgehead atoms. The van der Waals surface area contributed by atoms with E-state index in [0.29, 0.717) is 5.57 Å². The molecule has 1 aliphatic heterocycles. The second kappa shape index (κ2) is 11.5. The maximum Gasteiger partial charge on any atom is 0.334 e. The van der Waals surface area contributed by atoms with E-state index in [4.69, 9.17) is 28.4 Å². The Morgan fingerprint density at radius 2 is 1.52 bits per heavy atom. The van der Waals surface area contributed by atoms with Crippen molar-refractivity contribution in [3.05, 3.63) is 46.6 Å². The molecule has 42 heavy (non-hydrogen) atoms. The summed E-state index contributed by atoms with van der Waals surface area (Å²) in [5.74, 6) is -3.10. The van der Waals surface area contributed by atoms with Gasteiger partial charge in [-0.25, -0.2) is 9.59 Å². The summed E-state index contributed by atoms with van der Waals surface area (Å²) in [6.45, 7) is 9.37.